The van der Waals surface area contributed by atoms with E-state index in [9.17, 15) is 0 Å². The van der Waals surface area contributed by atoms with Gasteiger partial charge in [-0.2, -0.15) is 5.10 Å². The molecule has 4 heterocycles. The lowest BCUT2D eigenvalue weighted by molar-refractivity contribution is 0.280. The molecule has 3 aromatic rings. The Kier molecular flexibility index (Phi) is 6.99. The molecule has 1 aliphatic heterocycles. The maximum atomic E-state index is 5.28. The van der Waals surface area contributed by atoms with Gasteiger partial charge in [0.15, 0.2) is 5.82 Å². The number of pyridine rings is 1. The van der Waals surface area contributed by atoms with Crippen LogP contribution in [0.2, 0.25) is 0 Å². The van der Waals surface area contributed by atoms with Crippen LogP contribution in [0.4, 0.5) is 5.82 Å². The molecular formula is C25H34N8O. The van der Waals surface area contributed by atoms with Gasteiger partial charge in [-0.3, -0.25) is 4.98 Å². The molecule has 1 N–H and O–H groups in total. The van der Waals surface area contributed by atoms with Crippen LogP contribution >= 0.6 is 0 Å². The second kappa shape index (κ2) is 10.5. The number of nitrogens with one attached hydrogen (secondary N) is 1. The van der Waals surface area contributed by atoms with Gasteiger partial charge in [-0.15, -0.1) is 10.2 Å². The Hall–Kier alpha value is -3.07. The van der Waals surface area contributed by atoms with Crippen LogP contribution in [-0.2, 0) is 0 Å². The largest absolute Gasteiger partial charge is 0.495 e. The lowest BCUT2D eigenvalue weighted by Crippen LogP contribution is -2.47. The Morgan fingerprint density at radius 2 is 2.03 bits per heavy atom. The number of anilines is 1. The van der Waals surface area contributed by atoms with Gasteiger partial charge in [0.1, 0.15) is 11.4 Å². The minimum Gasteiger partial charge on any atom is -0.495 e. The average molecular weight is 463 g/mol. The number of nitrogens with zero attached hydrogens (tertiary/aromatic N) is 7. The van der Waals surface area contributed by atoms with E-state index in [4.69, 9.17) is 4.74 Å². The molecule has 0 aromatic carbocycles. The number of hydrogen-bond donors (Lipinski definition) is 1. The predicted octanol–water partition coefficient (Wildman–Crippen LogP) is 3.50. The van der Waals surface area contributed by atoms with Crippen LogP contribution in [0.5, 0.6) is 5.75 Å². The van der Waals surface area contributed by atoms with E-state index < -0.39 is 0 Å². The molecule has 1 unspecified atom stereocenters. The van der Waals surface area contributed by atoms with Gasteiger partial charge in [0.05, 0.1) is 31.2 Å². The van der Waals surface area contributed by atoms with Gasteiger partial charge in [-0.05, 0) is 62.8 Å². The summed E-state index contributed by atoms with van der Waals surface area (Å²) in [4.78, 5) is 6.58. The Balaban J connectivity index is 1.25. The van der Waals surface area contributed by atoms with Crippen LogP contribution < -0.4 is 15.0 Å². The van der Waals surface area contributed by atoms with Gasteiger partial charge in [-0.25, -0.2) is 4.68 Å². The second-order valence-electron chi connectivity index (χ2n) is 9.43. The lowest BCUT2D eigenvalue weighted by Gasteiger charge is -2.35. The van der Waals surface area contributed by atoms with Crippen molar-refractivity contribution in [2.24, 2.45) is 5.92 Å². The van der Waals surface area contributed by atoms with Crippen molar-refractivity contribution in [3.8, 4) is 17.0 Å². The Morgan fingerprint density at radius 1 is 1.12 bits per heavy atom. The van der Waals surface area contributed by atoms with Crippen molar-refractivity contribution in [3.63, 3.8) is 0 Å². The highest BCUT2D eigenvalue weighted by atomic mass is 16.5. The van der Waals surface area contributed by atoms with Gasteiger partial charge in [0.2, 0.25) is 0 Å². The fraction of sp³-hybridized carbons (Fsp3) is 0.560. The number of methoxy groups -OCH3 is 1. The van der Waals surface area contributed by atoms with E-state index in [0.717, 1.165) is 54.7 Å². The van der Waals surface area contributed by atoms with Gasteiger partial charge in [0.25, 0.3) is 0 Å². The molecule has 0 amide bonds. The van der Waals surface area contributed by atoms with E-state index >= 15 is 0 Å². The van der Waals surface area contributed by atoms with Crippen LogP contribution in [0.25, 0.3) is 11.3 Å². The van der Waals surface area contributed by atoms with Crippen molar-refractivity contribution in [3.05, 3.63) is 42.5 Å². The molecule has 0 bridgehead atoms. The third kappa shape index (κ3) is 5.04. The van der Waals surface area contributed by atoms with Crippen molar-refractivity contribution in [1.29, 1.82) is 0 Å². The highest BCUT2D eigenvalue weighted by Crippen LogP contribution is 2.27. The zero-order chi connectivity index (χ0) is 23.3. The Morgan fingerprint density at radius 3 is 2.76 bits per heavy atom. The van der Waals surface area contributed by atoms with Crippen LogP contribution in [0.1, 0.15) is 57.2 Å². The van der Waals surface area contributed by atoms with Gasteiger partial charge in [0, 0.05) is 30.9 Å². The van der Waals surface area contributed by atoms with Gasteiger partial charge >= 0.3 is 0 Å². The van der Waals surface area contributed by atoms with Crippen LogP contribution in [0.15, 0.2) is 36.8 Å². The molecule has 0 radical (unpaired) electrons. The fourth-order valence-corrected chi connectivity index (χ4v) is 4.83. The van der Waals surface area contributed by atoms with E-state index in [1.54, 1.807) is 19.5 Å². The standard InChI is InChI=1S/C25H34N8O/c1-3-24(33-17-23(29-31-33)19-12-21(34-2)15-26-14-19)22-9-10-25(30-28-22)32-11-5-8-20(16-32)27-13-18-6-4-7-18/h9-10,12,14-15,17-18,20,24,27H,3-8,11,13,16H2,1-2H3/t20-,24?/m1/s1. The molecule has 2 aliphatic rings. The van der Waals surface area contributed by atoms with E-state index in [1.165, 1.54) is 32.1 Å². The average Bonchev–Trinajstić information content (AvgIpc) is 3.34. The normalized spacial score (nSPS) is 19.6. The highest BCUT2D eigenvalue weighted by Gasteiger charge is 2.24. The SMILES string of the molecule is CCC(c1ccc(N2CCC[C@@H](NCC3CCC3)C2)nn1)n1cc(-c2cncc(OC)c2)nn1. The summed E-state index contributed by atoms with van der Waals surface area (Å²) >= 11 is 0. The smallest absolute Gasteiger partial charge is 0.151 e. The van der Waals surface area contributed by atoms with E-state index in [0.29, 0.717) is 11.8 Å². The number of hydrogen-bond acceptors (Lipinski definition) is 8. The third-order valence-corrected chi connectivity index (χ3v) is 7.14. The zero-order valence-corrected chi connectivity index (χ0v) is 20.1. The molecule has 5 rings (SSSR count). The summed E-state index contributed by atoms with van der Waals surface area (Å²) in [6.45, 7) is 5.32. The molecule has 1 saturated heterocycles. The molecule has 2 fully saturated rings. The maximum Gasteiger partial charge on any atom is 0.151 e. The first-order chi connectivity index (χ1) is 16.7. The topological polar surface area (TPSA) is 93.9 Å². The Labute approximate surface area is 200 Å². The molecular weight excluding hydrogens is 428 g/mol. The zero-order valence-electron chi connectivity index (χ0n) is 20.1. The molecule has 9 nitrogen and oxygen atoms in total. The maximum absolute atomic E-state index is 5.28. The van der Waals surface area contributed by atoms with E-state index in [1.807, 2.05) is 16.9 Å². The minimum atomic E-state index is -0.0281. The van der Waals surface area contributed by atoms with Crippen molar-refractivity contribution in [2.45, 2.75) is 57.5 Å². The van der Waals surface area contributed by atoms with E-state index in [2.05, 4.69) is 54.8 Å². The third-order valence-electron chi connectivity index (χ3n) is 7.14. The Bertz CT molecular complexity index is 1060. The van der Waals surface area contributed by atoms with Gasteiger partial charge in [-0.1, -0.05) is 18.6 Å². The number of rotatable bonds is 9. The second-order valence-corrected chi connectivity index (χ2v) is 9.43. The minimum absolute atomic E-state index is 0.0281. The summed E-state index contributed by atoms with van der Waals surface area (Å²) < 4.78 is 7.14. The quantitative estimate of drug-likeness (QED) is 0.516. The predicted molar refractivity (Wildman–Crippen MR) is 131 cm³/mol. The molecule has 9 heteroatoms. The van der Waals surface area contributed by atoms with Crippen LogP contribution in [0, 0.1) is 5.92 Å². The summed E-state index contributed by atoms with van der Waals surface area (Å²) in [5.74, 6) is 2.53. The molecule has 1 saturated carbocycles. The van der Waals surface area contributed by atoms with Crippen molar-refractivity contribution in [2.75, 3.05) is 31.6 Å². The monoisotopic (exact) mass is 462 g/mol. The van der Waals surface area contributed by atoms with E-state index in [-0.39, 0.29) is 6.04 Å². The van der Waals surface area contributed by atoms with Gasteiger partial charge < -0.3 is 15.0 Å². The molecule has 1 aliphatic carbocycles. The molecule has 34 heavy (non-hydrogen) atoms. The summed E-state index contributed by atoms with van der Waals surface area (Å²) in [6, 6.07) is 6.60. The van der Waals surface area contributed by atoms with Crippen molar-refractivity contribution < 1.29 is 4.74 Å². The molecule has 2 atom stereocenters. The lowest BCUT2D eigenvalue weighted by atomic mass is 9.85. The first-order valence-electron chi connectivity index (χ1n) is 12.5. The summed E-state index contributed by atoms with van der Waals surface area (Å²) in [5, 5.41) is 21.7. The highest BCUT2D eigenvalue weighted by molar-refractivity contribution is 5.58. The molecule has 180 valence electrons. The summed E-state index contributed by atoms with van der Waals surface area (Å²) in [7, 11) is 1.63. The first kappa shape index (κ1) is 22.7. The molecule has 0 spiro atoms. The van der Waals surface area contributed by atoms with Crippen LogP contribution in [0.3, 0.4) is 0 Å². The fourth-order valence-electron chi connectivity index (χ4n) is 4.83. The number of aromatic nitrogens is 6. The summed E-state index contributed by atoms with van der Waals surface area (Å²) in [6.07, 6.45) is 12.8. The molecule has 3 aromatic heterocycles. The summed E-state index contributed by atoms with van der Waals surface area (Å²) in [5.41, 5.74) is 2.51. The number of piperidine rings is 1. The van der Waals surface area contributed by atoms with Crippen LogP contribution in [-0.4, -0.2) is 63.0 Å². The van der Waals surface area contributed by atoms with Crippen molar-refractivity contribution >= 4 is 5.82 Å². The first-order valence-corrected chi connectivity index (χ1v) is 12.5. The number of ether oxygens (including phenoxy) is 1. The van der Waals surface area contributed by atoms with Crippen molar-refractivity contribution in [1.82, 2.24) is 35.5 Å².